The molecule has 29 heavy (non-hydrogen) atoms. The van der Waals surface area contributed by atoms with Gasteiger partial charge in [0.25, 0.3) is 0 Å². The van der Waals surface area contributed by atoms with Crippen molar-refractivity contribution >= 4 is 34.9 Å². The number of urea groups is 1. The summed E-state index contributed by atoms with van der Waals surface area (Å²) in [6, 6.07) is 11.0. The van der Waals surface area contributed by atoms with E-state index in [4.69, 9.17) is 32.7 Å². The molecule has 0 atom stereocenters. The molecule has 1 aliphatic rings. The molecular weight excluding hydrogens is 413 g/mol. The highest BCUT2D eigenvalue weighted by molar-refractivity contribution is 6.32. The zero-order valence-electron chi connectivity index (χ0n) is 16.5. The number of methoxy groups -OCH3 is 2. The summed E-state index contributed by atoms with van der Waals surface area (Å²) in [5.41, 5.74) is 1.74. The number of hydrogen-bond donors (Lipinski definition) is 2. The maximum absolute atomic E-state index is 12.5. The number of carbonyl (C=O) groups is 1. The highest BCUT2D eigenvalue weighted by atomic mass is 35.5. The van der Waals surface area contributed by atoms with E-state index in [-0.39, 0.29) is 12.1 Å². The molecule has 1 aliphatic heterocycles. The Labute approximate surface area is 181 Å². The van der Waals surface area contributed by atoms with Crippen molar-refractivity contribution in [2.75, 3.05) is 32.6 Å². The van der Waals surface area contributed by atoms with Crippen LogP contribution in [0, 0.1) is 0 Å². The molecule has 1 fully saturated rings. The fourth-order valence-electron chi connectivity index (χ4n) is 3.39. The Hall–Kier alpha value is -2.15. The van der Waals surface area contributed by atoms with Crippen molar-refractivity contribution in [1.82, 2.24) is 10.2 Å². The Kier molecular flexibility index (Phi) is 7.47. The number of nitrogens with one attached hydrogen (secondary N) is 2. The summed E-state index contributed by atoms with van der Waals surface area (Å²) in [5, 5.41) is 7.03. The number of amides is 2. The number of anilines is 1. The molecule has 0 saturated carbocycles. The smallest absolute Gasteiger partial charge is 0.319 e. The standard InChI is InChI=1S/C21H25Cl2N3O3/c1-28-19-12-18(20(29-2)11-17(19)23)25-21(27)24-16-7-9-26(10-8-16)13-14-3-5-15(22)6-4-14/h3-6,11-12,16H,7-10,13H2,1-2H3,(H2,24,25,27). The van der Waals surface area contributed by atoms with Crippen molar-refractivity contribution in [2.45, 2.75) is 25.4 Å². The van der Waals surface area contributed by atoms with E-state index >= 15 is 0 Å². The van der Waals surface area contributed by atoms with Crippen LogP contribution in [-0.4, -0.2) is 44.3 Å². The second kappa shape index (κ2) is 10.1. The molecule has 6 nitrogen and oxygen atoms in total. The zero-order chi connectivity index (χ0) is 20.8. The number of benzene rings is 2. The molecule has 156 valence electrons. The van der Waals surface area contributed by atoms with Crippen molar-refractivity contribution in [3.05, 3.63) is 52.0 Å². The molecule has 0 aromatic heterocycles. The van der Waals surface area contributed by atoms with E-state index in [9.17, 15) is 4.79 Å². The number of piperidine rings is 1. The minimum atomic E-state index is -0.274. The third-order valence-corrected chi connectivity index (χ3v) is 5.51. The number of hydrogen-bond acceptors (Lipinski definition) is 4. The second-order valence-electron chi connectivity index (χ2n) is 6.96. The van der Waals surface area contributed by atoms with Crippen molar-refractivity contribution in [3.63, 3.8) is 0 Å². The minimum Gasteiger partial charge on any atom is -0.495 e. The summed E-state index contributed by atoms with van der Waals surface area (Å²) in [4.78, 5) is 14.8. The lowest BCUT2D eigenvalue weighted by Gasteiger charge is -2.32. The van der Waals surface area contributed by atoms with Gasteiger partial charge in [-0.3, -0.25) is 4.90 Å². The first-order chi connectivity index (χ1) is 14.0. The molecule has 3 rings (SSSR count). The van der Waals surface area contributed by atoms with Gasteiger partial charge in [-0.2, -0.15) is 0 Å². The Balaban J connectivity index is 1.50. The molecule has 0 bridgehead atoms. The highest BCUT2D eigenvalue weighted by Gasteiger charge is 2.21. The normalized spacial score (nSPS) is 15.0. The molecule has 2 aromatic rings. The van der Waals surface area contributed by atoms with Crippen LogP contribution in [0.15, 0.2) is 36.4 Å². The maximum Gasteiger partial charge on any atom is 0.319 e. The van der Waals surface area contributed by atoms with Crippen LogP contribution in [0.5, 0.6) is 11.5 Å². The first-order valence-corrected chi connectivity index (χ1v) is 10.2. The number of halogens is 2. The molecule has 0 radical (unpaired) electrons. The average Bonchev–Trinajstić information content (AvgIpc) is 2.72. The van der Waals surface area contributed by atoms with E-state index in [0.29, 0.717) is 22.2 Å². The number of nitrogens with zero attached hydrogens (tertiary/aromatic N) is 1. The van der Waals surface area contributed by atoms with Crippen LogP contribution in [0.1, 0.15) is 18.4 Å². The third kappa shape index (κ3) is 5.92. The van der Waals surface area contributed by atoms with Gasteiger partial charge in [-0.25, -0.2) is 4.79 Å². The molecule has 8 heteroatoms. The van der Waals surface area contributed by atoms with Crippen LogP contribution >= 0.6 is 23.2 Å². The van der Waals surface area contributed by atoms with E-state index in [1.165, 1.54) is 19.8 Å². The lowest BCUT2D eigenvalue weighted by Crippen LogP contribution is -2.45. The topological polar surface area (TPSA) is 62.8 Å². The third-order valence-electron chi connectivity index (χ3n) is 4.96. The predicted molar refractivity (Wildman–Crippen MR) is 116 cm³/mol. The van der Waals surface area contributed by atoms with Crippen LogP contribution in [0.2, 0.25) is 10.0 Å². The van der Waals surface area contributed by atoms with Gasteiger partial charge < -0.3 is 20.1 Å². The molecule has 2 amide bonds. The van der Waals surface area contributed by atoms with E-state index in [0.717, 1.165) is 37.5 Å². The van der Waals surface area contributed by atoms with Crippen LogP contribution in [-0.2, 0) is 6.54 Å². The molecule has 2 aromatic carbocycles. The van der Waals surface area contributed by atoms with Crippen LogP contribution in [0.3, 0.4) is 0 Å². The van der Waals surface area contributed by atoms with E-state index in [1.807, 2.05) is 24.3 Å². The van der Waals surface area contributed by atoms with Gasteiger partial charge in [-0.15, -0.1) is 0 Å². The van der Waals surface area contributed by atoms with E-state index in [2.05, 4.69) is 15.5 Å². The SMILES string of the molecule is COc1cc(NC(=O)NC2CCN(Cc3ccc(Cl)cc3)CC2)c(OC)cc1Cl. The summed E-state index contributed by atoms with van der Waals surface area (Å²) in [6.45, 7) is 2.73. The highest BCUT2D eigenvalue weighted by Crippen LogP contribution is 2.35. The van der Waals surface area contributed by atoms with Crippen LogP contribution < -0.4 is 20.1 Å². The van der Waals surface area contributed by atoms with Gasteiger partial charge in [0.15, 0.2) is 0 Å². The Morgan fingerprint density at radius 1 is 1.07 bits per heavy atom. The largest absolute Gasteiger partial charge is 0.495 e. The Morgan fingerprint density at radius 2 is 1.72 bits per heavy atom. The zero-order valence-corrected chi connectivity index (χ0v) is 18.0. The summed E-state index contributed by atoms with van der Waals surface area (Å²) >= 11 is 12.0. The fraction of sp³-hybridized carbons (Fsp3) is 0.381. The Bertz CT molecular complexity index is 838. The fourth-order valence-corrected chi connectivity index (χ4v) is 3.74. The molecule has 2 N–H and O–H groups in total. The Morgan fingerprint density at radius 3 is 2.34 bits per heavy atom. The minimum absolute atomic E-state index is 0.122. The van der Waals surface area contributed by atoms with Gasteiger partial charge in [0.2, 0.25) is 0 Å². The monoisotopic (exact) mass is 437 g/mol. The quantitative estimate of drug-likeness (QED) is 0.681. The van der Waals surface area contributed by atoms with Crippen molar-refractivity contribution in [1.29, 1.82) is 0 Å². The number of likely N-dealkylation sites (tertiary alicyclic amines) is 1. The second-order valence-corrected chi connectivity index (χ2v) is 7.81. The van der Waals surface area contributed by atoms with E-state index in [1.54, 1.807) is 12.1 Å². The van der Waals surface area contributed by atoms with Crippen LogP contribution in [0.4, 0.5) is 10.5 Å². The molecule has 0 spiro atoms. The van der Waals surface area contributed by atoms with Gasteiger partial charge in [0, 0.05) is 42.8 Å². The van der Waals surface area contributed by atoms with Gasteiger partial charge in [-0.1, -0.05) is 35.3 Å². The average molecular weight is 438 g/mol. The molecule has 1 heterocycles. The van der Waals surface area contributed by atoms with Gasteiger partial charge >= 0.3 is 6.03 Å². The number of carbonyl (C=O) groups excluding carboxylic acids is 1. The molecule has 1 saturated heterocycles. The summed E-state index contributed by atoms with van der Waals surface area (Å²) in [6.07, 6.45) is 1.78. The maximum atomic E-state index is 12.5. The van der Waals surface area contributed by atoms with Gasteiger partial charge in [-0.05, 0) is 30.5 Å². The predicted octanol–water partition coefficient (Wildman–Crippen LogP) is 4.80. The van der Waals surface area contributed by atoms with Crippen LogP contribution in [0.25, 0.3) is 0 Å². The number of ether oxygens (including phenoxy) is 2. The summed E-state index contributed by atoms with van der Waals surface area (Å²) < 4.78 is 10.5. The lowest BCUT2D eigenvalue weighted by atomic mass is 10.0. The summed E-state index contributed by atoms with van der Waals surface area (Å²) in [5.74, 6) is 0.946. The van der Waals surface area contributed by atoms with Gasteiger partial charge in [0.1, 0.15) is 11.5 Å². The first-order valence-electron chi connectivity index (χ1n) is 9.44. The summed E-state index contributed by atoms with van der Waals surface area (Å²) in [7, 11) is 3.05. The number of rotatable bonds is 6. The molecule has 0 aliphatic carbocycles. The molecule has 0 unspecified atom stereocenters. The first kappa shape index (κ1) is 21.6. The van der Waals surface area contributed by atoms with Crippen molar-refractivity contribution in [3.8, 4) is 11.5 Å². The molecular formula is C21H25Cl2N3O3. The van der Waals surface area contributed by atoms with Crippen molar-refractivity contribution < 1.29 is 14.3 Å². The van der Waals surface area contributed by atoms with E-state index < -0.39 is 0 Å². The van der Waals surface area contributed by atoms with Gasteiger partial charge in [0.05, 0.1) is 24.9 Å². The van der Waals surface area contributed by atoms with Crippen molar-refractivity contribution in [2.24, 2.45) is 0 Å². The lowest BCUT2D eigenvalue weighted by molar-refractivity contribution is 0.190.